The zero-order valence-corrected chi connectivity index (χ0v) is 16.8. The van der Waals surface area contributed by atoms with Crippen molar-refractivity contribution in [2.45, 2.75) is 6.42 Å². The van der Waals surface area contributed by atoms with Crippen molar-refractivity contribution in [1.82, 2.24) is 10.6 Å². The lowest BCUT2D eigenvalue weighted by Gasteiger charge is -2.12. The van der Waals surface area contributed by atoms with E-state index in [1.165, 1.54) is 18.2 Å². The van der Waals surface area contributed by atoms with Crippen molar-refractivity contribution in [3.8, 4) is 0 Å². The highest BCUT2D eigenvalue weighted by molar-refractivity contribution is 14.0. The van der Waals surface area contributed by atoms with Crippen LogP contribution in [-0.2, 0) is 14.3 Å². The SMILES string of the molecule is CN=C(NCCCOCCOC)NCC(=O)Nc1cccc(F)c1.I. The predicted molar refractivity (Wildman–Crippen MR) is 107 cm³/mol. The Labute approximate surface area is 164 Å². The largest absolute Gasteiger partial charge is 0.382 e. The molecule has 0 aliphatic rings. The quantitative estimate of drug-likeness (QED) is 0.210. The van der Waals surface area contributed by atoms with Gasteiger partial charge in [0.1, 0.15) is 5.82 Å². The molecule has 0 unspecified atom stereocenters. The van der Waals surface area contributed by atoms with Gasteiger partial charge in [-0.25, -0.2) is 4.39 Å². The van der Waals surface area contributed by atoms with E-state index in [0.717, 1.165) is 6.42 Å². The first-order chi connectivity index (χ1) is 11.7. The zero-order chi connectivity index (χ0) is 17.6. The number of halogens is 2. The minimum atomic E-state index is -0.397. The van der Waals surface area contributed by atoms with Crippen LogP contribution in [0.15, 0.2) is 29.3 Å². The second-order valence-electron chi connectivity index (χ2n) is 4.87. The number of benzene rings is 1. The van der Waals surface area contributed by atoms with E-state index in [2.05, 4.69) is 20.9 Å². The molecule has 7 nitrogen and oxygen atoms in total. The molecule has 0 saturated heterocycles. The van der Waals surface area contributed by atoms with Crippen LogP contribution in [0.3, 0.4) is 0 Å². The number of ether oxygens (including phenoxy) is 2. The molecule has 1 rings (SSSR count). The minimum Gasteiger partial charge on any atom is -0.382 e. The zero-order valence-electron chi connectivity index (χ0n) is 14.5. The molecule has 1 amide bonds. The highest BCUT2D eigenvalue weighted by Gasteiger charge is 2.04. The first-order valence-corrected chi connectivity index (χ1v) is 7.72. The summed E-state index contributed by atoms with van der Waals surface area (Å²) < 4.78 is 23.3. The number of aliphatic imine (C=N–C) groups is 1. The standard InChI is InChI=1S/C16H25FN4O3.HI/c1-18-16(19-7-4-8-24-10-9-23-2)20-12-15(22)21-14-6-3-5-13(17)11-14;/h3,5-6,11H,4,7-10,12H2,1-2H3,(H,21,22)(H2,18,19,20);1H. The van der Waals surface area contributed by atoms with Crippen molar-refractivity contribution in [2.24, 2.45) is 4.99 Å². The van der Waals surface area contributed by atoms with E-state index in [4.69, 9.17) is 9.47 Å². The Morgan fingerprint density at radius 3 is 2.72 bits per heavy atom. The fraction of sp³-hybridized carbons (Fsp3) is 0.500. The van der Waals surface area contributed by atoms with E-state index < -0.39 is 5.82 Å². The van der Waals surface area contributed by atoms with E-state index in [0.29, 0.717) is 38.0 Å². The number of methoxy groups -OCH3 is 1. The summed E-state index contributed by atoms with van der Waals surface area (Å²) in [6.45, 7) is 2.47. The van der Waals surface area contributed by atoms with E-state index in [1.54, 1.807) is 20.2 Å². The van der Waals surface area contributed by atoms with Gasteiger partial charge in [-0.15, -0.1) is 24.0 Å². The summed E-state index contributed by atoms with van der Waals surface area (Å²) in [6, 6.07) is 5.73. The highest BCUT2D eigenvalue weighted by atomic mass is 127. The van der Waals surface area contributed by atoms with Gasteiger partial charge in [-0.1, -0.05) is 6.07 Å². The van der Waals surface area contributed by atoms with Gasteiger partial charge >= 0.3 is 0 Å². The molecule has 25 heavy (non-hydrogen) atoms. The second kappa shape index (κ2) is 14.8. The lowest BCUT2D eigenvalue weighted by molar-refractivity contribution is -0.115. The third-order valence-electron chi connectivity index (χ3n) is 2.94. The summed E-state index contributed by atoms with van der Waals surface area (Å²) in [5.74, 6) is -0.168. The highest BCUT2D eigenvalue weighted by Crippen LogP contribution is 2.08. The van der Waals surface area contributed by atoms with Gasteiger partial charge in [-0.05, 0) is 24.6 Å². The number of carbonyl (C=O) groups excluding carboxylic acids is 1. The molecule has 0 aliphatic heterocycles. The number of guanidine groups is 1. The Hall–Kier alpha value is -1.46. The molecule has 0 aromatic heterocycles. The smallest absolute Gasteiger partial charge is 0.243 e. The first-order valence-electron chi connectivity index (χ1n) is 7.72. The van der Waals surface area contributed by atoms with Gasteiger partial charge in [-0.2, -0.15) is 0 Å². The number of amides is 1. The lowest BCUT2D eigenvalue weighted by atomic mass is 10.3. The third-order valence-corrected chi connectivity index (χ3v) is 2.94. The average molecular weight is 468 g/mol. The van der Waals surface area contributed by atoms with Gasteiger partial charge in [0.05, 0.1) is 19.8 Å². The van der Waals surface area contributed by atoms with Gasteiger partial charge in [0.15, 0.2) is 5.96 Å². The van der Waals surface area contributed by atoms with Crippen LogP contribution in [-0.4, -0.2) is 58.9 Å². The molecule has 1 aromatic rings. The summed E-state index contributed by atoms with van der Waals surface area (Å²) in [5, 5.41) is 8.57. The maximum absolute atomic E-state index is 13.0. The van der Waals surface area contributed by atoms with Gasteiger partial charge in [0.25, 0.3) is 0 Å². The number of hydrogen-bond acceptors (Lipinski definition) is 4. The van der Waals surface area contributed by atoms with Crippen LogP contribution in [0.25, 0.3) is 0 Å². The molecule has 9 heteroatoms. The Morgan fingerprint density at radius 1 is 1.24 bits per heavy atom. The summed E-state index contributed by atoms with van der Waals surface area (Å²) in [5.41, 5.74) is 0.415. The molecule has 0 atom stereocenters. The van der Waals surface area contributed by atoms with Gasteiger partial charge in [-0.3, -0.25) is 9.79 Å². The number of carbonyl (C=O) groups is 1. The van der Waals surface area contributed by atoms with Gasteiger partial charge < -0.3 is 25.4 Å². The Kier molecular flexibility index (Phi) is 14.0. The normalized spacial score (nSPS) is 10.8. The average Bonchev–Trinajstić information content (AvgIpc) is 2.56. The fourth-order valence-corrected chi connectivity index (χ4v) is 1.78. The number of nitrogens with one attached hydrogen (secondary N) is 3. The van der Waals surface area contributed by atoms with E-state index in [9.17, 15) is 9.18 Å². The molecule has 0 radical (unpaired) electrons. The van der Waals surface area contributed by atoms with Crippen LogP contribution in [0.5, 0.6) is 0 Å². The summed E-state index contributed by atoms with van der Waals surface area (Å²) in [7, 11) is 3.25. The van der Waals surface area contributed by atoms with Crippen LogP contribution in [0.1, 0.15) is 6.42 Å². The third kappa shape index (κ3) is 11.7. The second-order valence-corrected chi connectivity index (χ2v) is 4.87. The molecule has 0 saturated carbocycles. The van der Waals surface area contributed by atoms with Crippen LogP contribution in [0.2, 0.25) is 0 Å². The Bertz CT molecular complexity index is 532. The van der Waals surface area contributed by atoms with Crippen molar-refractivity contribution >= 4 is 41.5 Å². The molecular formula is C16H26FIN4O3. The molecule has 1 aromatic carbocycles. The van der Waals surface area contributed by atoms with Crippen LogP contribution in [0.4, 0.5) is 10.1 Å². The van der Waals surface area contributed by atoms with Crippen molar-refractivity contribution in [3.63, 3.8) is 0 Å². The van der Waals surface area contributed by atoms with Gasteiger partial charge in [0, 0.05) is 33.0 Å². The maximum Gasteiger partial charge on any atom is 0.243 e. The van der Waals surface area contributed by atoms with E-state index in [1.807, 2.05) is 0 Å². The predicted octanol–water partition coefficient (Wildman–Crippen LogP) is 1.60. The Balaban J connectivity index is 0.00000576. The molecular weight excluding hydrogens is 442 g/mol. The van der Waals surface area contributed by atoms with Gasteiger partial charge in [0.2, 0.25) is 5.91 Å². The van der Waals surface area contributed by atoms with Crippen molar-refractivity contribution in [2.75, 3.05) is 52.4 Å². The van der Waals surface area contributed by atoms with E-state index >= 15 is 0 Å². The molecule has 142 valence electrons. The number of nitrogens with zero attached hydrogens (tertiary/aromatic N) is 1. The monoisotopic (exact) mass is 468 g/mol. The first kappa shape index (κ1) is 23.5. The lowest BCUT2D eigenvalue weighted by Crippen LogP contribution is -2.41. The van der Waals surface area contributed by atoms with Crippen LogP contribution >= 0.6 is 24.0 Å². The molecule has 0 spiro atoms. The van der Waals surface area contributed by atoms with Crippen molar-refractivity contribution in [3.05, 3.63) is 30.1 Å². The number of hydrogen-bond donors (Lipinski definition) is 3. The van der Waals surface area contributed by atoms with Crippen molar-refractivity contribution < 1.29 is 18.7 Å². The number of anilines is 1. The molecule has 3 N–H and O–H groups in total. The molecule has 0 bridgehead atoms. The maximum atomic E-state index is 13.0. The van der Waals surface area contributed by atoms with Crippen LogP contribution in [0, 0.1) is 5.82 Å². The minimum absolute atomic E-state index is 0. The summed E-state index contributed by atoms with van der Waals surface area (Å²) in [4.78, 5) is 15.8. The fourth-order valence-electron chi connectivity index (χ4n) is 1.78. The Morgan fingerprint density at radius 2 is 2.04 bits per heavy atom. The van der Waals surface area contributed by atoms with Crippen molar-refractivity contribution in [1.29, 1.82) is 0 Å². The topological polar surface area (TPSA) is 84.0 Å². The molecule has 0 heterocycles. The number of rotatable bonds is 10. The molecule has 0 fully saturated rings. The summed E-state index contributed by atoms with van der Waals surface area (Å²) >= 11 is 0. The van der Waals surface area contributed by atoms with Crippen LogP contribution < -0.4 is 16.0 Å². The molecule has 0 aliphatic carbocycles. The van der Waals surface area contributed by atoms with E-state index in [-0.39, 0.29) is 36.4 Å². The summed E-state index contributed by atoms with van der Waals surface area (Å²) in [6.07, 6.45) is 0.805.